The minimum Gasteiger partial charge on any atom is -0.388 e. The van der Waals surface area contributed by atoms with Gasteiger partial charge in [-0.05, 0) is 49.9 Å². The second-order valence-corrected chi connectivity index (χ2v) is 5.06. The van der Waals surface area contributed by atoms with E-state index in [4.69, 9.17) is 4.74 Å². The van der Waals surface area contributed by atoms with Crippen molar-refractivity contribution < 1.29 is 9.53 Å². The van der Waals surface area contributed by atoms with Crippen molar-refractivity contribution in [2.24, 2.45) is 0 Å². The molecule has 1 aromatic carbocycles. The van der Waals surface area contributed by atoms with Crippen molar-refractivity contribution in [3.8, 4) is 0 Å². The minimum absolute atomic E-state index is 0.0142. The third-order valence-electron chi connectivity index (χ3n) is 3.83. The molecule has 2 N–H and O–H groups in total. The molecule has 4 heteroatoms. The van der Waals surface area contributed by atoms with Gasteiger partial charge >= 0.3 is 0 Å². The molecule has 19 heavy (non-hydrogen) atoms. The van der Waals surface area contributed by atoms with Crippen molar-refractivity contribution in [3.05, 3.63) is 29.3 Å². The number of benzene rings is 1. The normalized spacial score (nSPS) is 22.3. The van der Waals surface area contributed by atoms with Gasteiger partial charge in [0.25, 0.3) is 5.91 Å². The number of carbonyl (C=O) groups excluding carboxylic acids is 1. The molecule has 0 saturated heterocycles. The van der Waals surface area contributed by atoms with Gasteiger partial charge in [0, 0.05) is 25.4 Å². The van der Waals surface area contributed by atoms with E-state index in [0.29, 0.717) is 5.56 Å². The second kappa shape index (κ2) is 6.06. The molecule has 1 fully saturated rings. The Labute approximate surface area is 114 Å². The lowest BCUT2D eigenvalue weighted by atomic mass is 10.1. The lowest BCUT2D eigenvalue weighted by molar-refractivity contribution is 0.0722. The van der Waals surface area contributed by atoms with E-state index < -0.39 is 0 Å². The molecule has 1 aliphatic rings. The van der Waals surface area contributed by atoms with Crippen LogP contribution in [0.1, 0.15) is 35.2 Å². The van der Waals surface area contributed by atoms with Crippen molar-refractivity contribution in [1.82, 2.24) is 5.32 Å². The van der Waals surface area contributed by atoms with Crippen LogP contribution in [0, 0.1) is 6.92 Å². The topological polar surface area (TPSA) is 50.4 Å². The highest BCUT2D eigenvalue weighted by Gasteiger charge is 2.28. The fourth-order valence-electron chi connectivity index (χ4n) is 2.71. The Kier molecular flexibility index (Phi) is 4.43. The van der Waals surface area contributed by atoms with Crippen molar-refractivity contribution in [3.63, 3.8) is 0 Å². The molecule has 1 aliphatic carbocycles. The Balaban J connectivity index is 2.05. The van der Waals surface area contributed by atoms with Crippen LogP contribution < -0.4 is 10.6 Å². The molecule has 0 aromatic heterocycles. The summed E-state index contributed by atoms with van der Waals surface area (Å²) in [7, 11) is 3.59. The van der Waals surface area contributed by atoms with E-state index in [2.05, 4.69) is 10.6 Å². The SMILES string of the molecule is CNc1ccc(C(=O)NC2CCCC2OC)cc1C. The molecule has 0 aliphatic heterocycles. The molecular formula is C15H22N2O2. The van der Waals surface area contributed by atoms with Crippen molar-refractivity contribution in [2.75, 3.05) is 19.5 Å². The third-order valence-corrected chi connectivity index (χ3v) is 3.83. The van der Waals surface area contributed by atoms with Gasteiger partial charge in [-0.3, -0.25) is 4.79 Å². The average molecular weight is 262 g/mol. The lowest BCUT2D eigenvalue weighted by Gasteiger charge is -2.20. The van der Waals surface area contributed by atoms with E-state index >= 15 is 0 Å². The van der Waals surface area contributed by atoms with Gasteiger partial charge in [0.2, 0.25) is 0 Å². The molecule has 2 atom stereocenters. The average Bonchev–Trinajstić information content (AvgIpc) is 2.85. The Morgan fingerprint density at radius 2 is 2.16 bits per heavy atom. The van der Waals surface area contributed by atoms with E-state index in [9.17, 15) is 4.79 Å². The van der Waals surface area contributed by atoms with Gasteiger partial charge in [-0.1, -0.05) is 0 Å². The molecule has 2 rings (SSSR count). The van der Waals surface area contributed by atoms with E-state index in [0.717, 1.165) is 30.5 Å². The number of aryl methyl sites for hydroxylation is 1. The number of anilines is 1. The molecule has 104 valence electrons. The number of hydrogen-bond acceptors (Lipinski definition) is 3. The summed E-state index contributed by atoms with van der Waals surface area (Å²) in [5, 5.41) is 6.18. The molecular weight excluding hydrogens is 240 g/mol. The van der Waals surface area contributed by atoms with Crippen LogP contribution >= 0.6 is 0 Å². The number of amides is 1. The molecule has 1 saturated carbocycles. The van der Waals surface area contributed by atoms with Crippen molar-refractivity contribution in [1.29, 1.82) is 0 Å². The maximum atomic E-state index is 12.2. The number of hydrogen-bond donors (Lipinski definition) is 2. The van der Waals surface area contributed by atoms with Gasteiger partial charge < -0.3 is 15.4 Å². The number of rotatable bonds is 4. The third kappa shape index (κ3) is 3.07. The van der Waals surface area contributed by atoms with Crippen LogP contribution in [0.15, 0.2) is 18.2 Å². The highest BCUT2D eigenvalue weighted by Crippen LogP contribution is 2.22. The molecule has 4 nitrogen and oxygen atoms in total. The Bertz CT molecular complexity index is 459. The van der Waals surface area contributed by atoms with Crippen LogP contribution in [0.25, 0.3) is 0 Å². The molecule has 1 amide bonds. The standard InChI is InChI=1S/C15H22N2O2/c1-10-9-11(7-8-12(10)16-2)15(18)17-13-5-4-6-14(13)19-3/h7-9,13-14,16H,4-6H2,1-3H3,(H,17,18). The Morgan fingerprint density at radius 3 is 2.79 bits per heavy atom. The fourth-order valence-corrected chi connectivity index (χ4v) is 2.71. The van der Waals surface area contributed by atoms with Crippen LogP contribution in [-0.2, 0) is 4.74 Å². The summed E-state index contributed by atoms with van der Waals surface area (Å²) in [4.78, 5) is 12.2. The summed E-state index contributed by atoms with van der Waals surface area (Å²) in [6.07, 6.45) is 3.29. The van der Waals surface area contributed by atoms with E-state index in [1.807, 2.05) is 32.2 Å². The highest BCUT2D eigenvalue weighted by molar-refractivity contribution is 5.95. The van der Waals surface area contributed by atoms with Crippen molar-refractivity contribution in [2.45, 2.75) is 38.3 Å². The first-order chi connectivity index (χ1) is 9.15. The van der Waals surface area contributed by atoms with Gasteiger partial charge in [0.15, 0.2) is 0 Å². The first kappa shape index (κ1) is 13.9. The monoisotopic (exact) mass is 262 g/mol. The van der Waals surface area contributed by atoms with E-state index in [-0.39, 0.29) is 18.1 Å². The number of carbonyl (C=O) groups is 1. The van der Waals surface area contributed by atoms with Crippen LogP contribution in [-0.4, -0.2) is 32.2 Å². The summed E-state index contributed by atoms with van der Waals surface area (Å²) in [5.74, 6) is -0.0142. The summed E-state index contributed by atoms with van der Waals surface area (Å²) >= 11 is 0. The highest BCUT2D eigenvalue weighted by atomic mass is 16.5. The van der Waals surface area contributed by atoms with Gasteiger partial charge in [0.05, 0.1) is 12.1 Å². The van der Waals surface area contributed by atoms with Crippen LogP contribution in [0.2, 0.25) is 0 Å². The zero-order chi connectivity index (χ0) is 13.8. The molecule has 0 bridgehead atoms. The smallest absolute Gasteiger partial charge is 0.251 e. The summed E-state index contributed by atoms with van der Waals surface area (Å²) in [6.45, 7) is 2.00. The van der Waals surface area contributed by atoms with Gasteiger partial charge in [-0.15, -0.1) is 0 Å². The van der Waals surface area contributed by atoms with Crippen LogP contribution in [0.3, 0.4) is 0 Å². The van der Waals surface area contributed by atoms with Crippen LogP contribution in [0.5, 0.6) is 0 Å². The summed E-state index contributed by atoms with van der Waals surface area (Å²) in [6, 6.07) is 5.84. The quantitative estimate of drug-likeness (QED) is 0.875. The molecule has 0 spiro atoms. The fraction of sp³-hybridized carbons (Fsp3) is 0.533. The number of nitrogens with one attached hydrogen (secondary N) is 2. The predicted octanol–water partition coefficient (Wildman–Crippen LogP) is 2.33. The second-order valence-electron chi connectivity index (χ2n) is 5.06. The molecule has 0 radical (unpaired) electrons. The van der Waals surface area contributed by atoms with Gasteiger partial charge in [0.1, 0.15) is 0 Å². The first-order valence-electron chi connectivity index (χ1n) is 6.77. The zero-order valence-electron chi connectivity index (χ0n) is 11.8. The maximum absolute atomic E-state index is 12.2. The maximum Gasteiger partial charge on any atom is 0.251 e. The number of ether oxygens (including phenoxy) is 1. The summed E-state index contributed by atoms with van der Waals surface area (Å²) in [5.41, 5.74) is 2.83. The van der Waals surface area contributed by atoms with E-state index in [1.54, 1.807) is 7.11 Å². The number of methoxy groups -OCH3 is 1. The molecule has 0 heterocycles. The largest absolute Gasteiger partial charge is 0.388 e. The minimum atomic E-state index is -0.0142. The Hall–Kier alpha value is -1.55. The summed E-state index contributed by atoms with van der Waals surface area (Å²) < 4.78 is 5.40. The van der Waals surface area contributed by atoms with Gasteiger partial charge in [-0.2, -0.15) is 0 Å². The molecule has 1 aromatic rings. The van der Waals surface area contributed by atoms with Gasteiger partial charge in [-0.25, -0.2) is 0 Å². The zero-order valence-corrected chi connectivity index (χ0v) is 11.8. The molecule has 2 unspecified atom stereocenters. The predicted molar refractivity (Wildman–Crippen MR) is 76.6 cm³/mol. The van der Waals surface area contributed by atoms with Crippen LogP contribution in [0.4, 0.5) is 5.69 Å². The Morgan fingerprint density at radius 1 is 1.37 bits per heavy atom. The first-order valence-corrected chi connectivity index (χ1v) is 6.77. The lowest BCUT2D eigenvalue weighted by Crippen LogP contribution is -2.40. The van der Waals surface area contributed by atoms with E-state index in [1.165, 1.54) is 0 Å². The van der Waals surface area contributed by atoms with Crippen molar-refractivity contribution >= 4 is 11.6 Å².